The molecule has 0 radical (unpaired) electrons. The van der Waals surface area contributed by atoms with E-state index in [2.05, 4.69) is 25.3 Å². The van der Waals surface area contributed by atoms with Gasteiger partial charge in [-0.1, -0.05) is 24.3 Å². The number of aliphatic carboxylic acids is 1. The van der Waals surface area contributed by atoms with E-state index < -0.39 is 11.2 Å². The van der Waals surface area contributed by atoms with Crippen LogP contribution in [-0.2, 0) is 17.0 Å². The number of hydrogen-bond donors (Lipinski definition) is 3. The molecule has 0 saturated heterocycles. The normalized spacial score (nSPS) is 12.4. The topological polar surface area (TPSA) is 37.3 Å². The van der Waals surface area contributed by atoms with E-state index in [4.69, 9.17) is 5.11 Å². The van der Waals surface area contributed by atoms with Gasteiger partial charge in [0.05, 0.1) is 0 Å². The van der Waals surface area contributed by atoms with Gasteiger partial charge < -0.3 is 5.11 Å². The predicted octanol–water partition coefficient (Wildman–Crippen LogP) is 2.04. The molecule has 1 aromatic rings. The van der Waals surface area contributed by atoms with Crippen LogP contribution in [0.15, 0.2) is 24.3 Å². The maximum atomic E-state index is 10.6. The van der Waals surface area contributed by atoms with Gasteiger partial charge in [-0.3, -0.25) is 4.79 Å². The van der Waals surface area contributed by atoms with Crippen molar-refractivity contribution in [3.05, 3.63) is 35.4 Å². The molecule has 0 spiro atoms. The second-order valence-corrected chi connectivity index (χ2v) is 3.92. The number of carbonyl (C=O) groups is 1. The van der Waals surface area contributed by atoms with E-state index in [1.54, 1.807) is 0 Å². The van der Waals surface area contributed by atoms with Crippen molar-refractivity contribution in [3.63, 3.8) is 0 Å². The first-order valence-electron chi connectivity index (χ1n) is 4.23. The number of benzene rings is 1. The largest absolute Gasteiger partial charge is 0.480 e. The highest BCUT2D eigenvalue weighted by atomic mass is 32.1. The summed E-state index contributed by atoms with van der Waals surface area (Å²) < 4.78 is 0. The fourth-order valence-electron chi connectivity index (χ4n) is 1.21. The summed E-state index contributed by atoms with van der Waals surface area (Å²) in [7, 11) is 0. The van der Waals surface area contributed by atoms with Crippen molar-refractivity contribution >= 4 is 31.2 Å². The minimum Gasteiger partial charge on any atom is -0.480 e. The number of rotatable bonds is 4. The van der Waals surface area contributed by atoms with Gasteiger partial charge in [-0.25, -0.2) is 0 Å². The smallest absolute Gasteiger partial charge is 0.316 e. The molecule has 1 N–H and O–H groups in total. The minimum absolute atomic E-state index is 0.440. The van der Waals surface area contributed by atoms with Crippen molar-refractivity contribution in [2.75, 3.05) is 0 Å². The van der Waals surface area contributed by atoms with Crippen LogP contribution in [-0.4, -0.2) is 16.3 Å². The second-order valence-electron chi connectivity index (χ2n) is 2.98. The molecule has 0 aliphatic carbocycles. The zero-order valence-corrected chi connectivity index (χ0v) is 9.34. The van der Waals surface area contributed by atoms with E-state index in [0.717, 1.165) is 11.1 Å². The van der Waals surface area contributed by atoms with Gasteiger partial charge in [0.1, 0.15) is 5.25 Å². The highest BCUT2D eigenvalue weighted by molar-refractivity contribution is 7.81. The lowest BCUT2D eigenvalue weighted by molar-refractivity contribution is -0.136. The summed E-state index contributed by atoms with van der Waals surface area (Å²) in [4.78, 5) is 10.6. The van der Waals surface area contributed by atoms with E-state index in [1.807, 2.05) is 24.3 Å². The third-order valence-corrected chi connectivity index (χ3v) is 2.73. The third kappa shape index (κ3) is 2.96. The number of carboxylic acid groups (broad SMARTS) is 1. The van der Waals surface area contributed by atoms with E-state index in [0.29, 0.717) is 12.2 Å². The third-order valence-electron chi connectivity index (χ3n) is 1.99. The Kier molecular flexibility index (Phi) is 4.35. The van der Waals surface area contributed by atoms with Crippen LogP contribution < -0.4 is 0 Å². The maximum absolute atomic E-state index is 10.6. The predicted molar refractivity (Wildman–Crippen MR) is 63.2 cm³/mol. The van der Waals surface area contributed by atoms with Crippen LogP contribution >= 0.6 is 25.3 Å². The Morgan fingerprint density at radius 3 is 2.43 bits per heavy atom. The average molecular weight is 228 g/mol. The first kappa shape index (κ1) is 11.5. The molecular weight excluding hydrogens is 216 g/mol. The Labute approximate surface area is 94.2 Å². The van der Waals surface area contributed by atoms with Crippen molar-refractivity contribution in [2.45, 2.75) is 17.4 Å². The van der Waals surface area contributed by atoms with Crippen LogP contribution in [0, 0.1) is 0 Å². The molecule has 2 nitrogen and oxygen atoms in total. The van der Waals surface area contributed by atoms with Gasteiger partial charge >= 0.3 is 5.97 Å². The summed E-state index contributed by atoms with van der Waals surface area (Å²) in [5, 5.41) is 8.07. The minimum atomic E-state index is -0.887. The molecule has 0 fully saturated rings. The fourth-order valence-corrected chi connectivity index (χ4v) is 1.71. The molecule has 0 heterocycles. The molecule has 0 aromatic heterocycles. The Morgan fingerprint density at radius 1 is 1.36 bits per heavy atom. The molecule has 1 aromatic carbocycles. The molecule has 4 heteroatoms. The molecular formula is C10H12O2S2. The molecule has 1 rings (SSSR count). The zero-order chi connectivity index (χ0) is 10.6. The van der Waals surface area contributed by atoms with Gasteiger partial charge in [-0.2, -0.15) is 25.3 Å². The SMILES string of the molecule is O=C(O)C(S)Cc1ccccc1CS. The summed E-state index contributed by atoms with van der Waals surface area (Å²) in [5.41, 5.74) is 2.07. The second kappa shape index (κ2) is 5.32. The molecule has 0 amide bonds. The van der Waals surface area contributed by atoms with Gasteiger partial charge in [-0.05, 0) is 17.5 Å². The molecule has 1 atom stereocenters. The highest BCUT2D eigenvalue weighted by Crippen LogP contribution is 2.15. The first-order chi connectivity index (χ1) is 6.65. The number of thiol groups is 2. The van der Waals surface area contributed by atoms with Gasteiger partial charge in [-0.15, -0.1) is 0 Å². The van der Waals surface area contributed by atoms with E-state index in [9.17, 15) is 4.79 Å². The molecule has 0 bridgehead atoms. The van der Waals surface area contributed by atoms with Crippen molar-refractivity contribution < 1.29 is 9.90 Å². The van der Waals surface area contributed by atoms with Crippen LogP contribution in [0.1, 0.15) is 11.1 Å². The Morgan fingerprint density at radius 2 is 1.93 bits per heavy atom. The lowest BCUT2D eigenvalue weighted by Crippen LogP contribution is -2.16. The quantitative estimate of drug-likeness (QED) is 0.690. The van der Waals surface area contributed by atoms with Crippen LogP contribution in [0.25, 0.3) is 0 Å². The number of carboxylic acids is 1. The first-order valence-corrected chi connectivity index (χ1v) is 5.38. The number of hydrogen-bond acceptors (Lipinski definition) is 3. The summed E-state index contributed by atoms with van der Waals surface area (Å²) in [6.07, 6.45) is 0.440. The molecule has 0 aliphatic heterocycles. The van der Waals surface area contributed by atoms with Crippen LogP contribution in [0.5, 0.6) is 0 Å². The van der Waals surface area contributed by atoms with E-state index in [-0.39, 0.29) is 0 Å². The van der Waals surface area contributed by atoms with E-state index in [1.165, 1.54) is 0 Å². The maximum Gasteiger partial charge on any atom is 0.316 e. The standard InChI is InChI=1S/C10H12O2S2/c11-10(12)9(14)5-7-3-1-2-4-8(7)6-13/h1-4,9,13-14H,5-6H2,(H,11,12). The molecule has 0 saturated carbocycles. The van der Waals surface area contributed by atoms with Crippen LogP contribution in [0.4, 0.5) is 0 Å². The van der Waals surface area contributed by atoms with Gasteiger partial charge in [0.2, 0.25) is 0 Å². The summed E-state index contributed by atoms with van der Waals surface area (Å²) >= 11 is 8.18. The fraction of sp³-hybridized carbons (Fsp3) is 0.300. The summed E-state index contributed by atoms with van der Waals surface area (Å²) in [6, 6.07) is 7.68. The van der Waals surface area contributed by atoms with Gasteiger partial charge in [0.25, 0.3) is 0 Å². The van der Waals surface area contributed by atoms with Crippen molar-refractivity contribution in [1.82, 2.24) is 0 Å². The van der Waals surface area contributed by atoms with E-state index >= 15 is 0 Å². The molecule has 1 unspecified atom stereocenters. The summed E-state index contributed by atoms with van der Waals surface area (Å²) in [6.45, 7) is 0. The highest BCUT2D eigenvalue weighted by Gasteiger charge is 2.13. The van der Waals surface area contributed by atoms with Gasteiger partial charge in [0, 0.05) is 5.75 Å². The monoisotopic (exact) mass is 228 g/mol. The van der Waals surface area contributed by atoms with Crippen molar-refractivity contribution in [2.24, 2.45) is 0 Å². The van der Waals surface area contributed by atoms with Crippen molar-refractivity contribution in [1.29, 1.82) is 0 Å². The Balaban J connectivity index is 2.80. The van der Waals surface area contributed by atoms with Crippen molar-refractivity contribution in [3.8, 4) is 0 Å². The Hall–Kier alpha value is -0.610. The van der Waals surface area contributed by atoms with Gasteiger partial charge in [0.15, 0.2) is 0 Å². The molecule has 14 heavy (non-hydrogen) atoms. The average Bonchev–Trinajstić information content (AvgIpc) is 2.18. The van der Waals surface area contributed by atoms with Crippen LogP contribution in [0.3, 0.4) is 0 Å². The lowest BCUT2D eigenvalue weighted by Gasteiger charge is -2.09. The molecule has 0 aliphatic rings. The zero-order valence-electron chi connectivity index (χ0n) is 7.55. The summed E-state index contributed by atoms with van der Waals surface area (Å²) in [5.74, 6) is -0.265. The Bertz CT molecular complexity index is 326. The van der Waals surface area contributed by atoms with Crippen LogP contribution in [0.2, 0.25) is 0 Å². The lowest BCUT2D eigenvalue weighted by atomic mass is 10.0. The molecule has 76 valence electrons.